The predicted octanol–water partition coefficient (Wildman–Crippen LogP) is 2.82. The second kappa shape index (κ2) is 5.89. The molecule has 1 aromatic rings. The standard InChI is InChI=1S/C13H17BrFNO2S/c1-9(10-2-3-13(15)12(14)8-10)16-11-4-6-19(17,18)7-5-11/h2-3,8-9,11,16H,4-7H2,1H3. The maximum Gasteiger partial charge on any atom is 0.150 e. The molecule has 106 valence electrons. The average Bonchev–Trinajstić information content (AvgIpc) is 2.35. The molecule has 0 bridgehead atoms. The van der Waals surface area contributed by atoms with Gasteiger partial charge in [0.05, 0.1) is 16.0 Å². The second-order valence-corrected chi connectivity index (χ2v) is 8.15. The van der Waals surface area contributed by atoms with Gasteiger partial charge >= 0.3 is 0 Å². The molecule has 1 aromatic carbocycles. The van der Waals surface area contributed by atoms with Crippen LogP contribution in [0.1, 0.15) is 31.4 Å². The van der Waals surface area contributed by atoms with Gasteiger partial charge in [0.2, 0.25) is 0 Å². The Hall–Kier alpha value is -0.460. The van der Waals surface area contributed by atoms with Crippen molar-refractivity contribution in [2.75, 3.05) is 11.5 Å². The Labute approximate surface area is 121 Å². The van der Waals surface area contributed by atoms with E-state index in [1.807, 2.05) is 6.92 Å². The molecule has 6 heteroatoms. The molecule has 1 aliphatic heterocycles. The van der Waals surface area contributed by atoms with Gasteiger partial charge in [0.15, 0.2) is 0 Å². The molecule has 2 rings (SSSR count). The summed E-state index contributed by atoms with van der Waals surface area (Å²) in [6.07, 6.45) is 1.30. The van der Waals surface area contributed by atoms with Gasteiger partial charge in [-0.3, -0.25) is 0 Å². The number of benzene rings is 1. The van der Waals surface area contributed by atoms with Crippen LogP contribution in [0.15, 0.2) is 22.7 Å². The van der Waals surface area contributed by atoms with Crippen LogP contribution in [0.5, 0.6) is 0 Å². The van der Waals surface area contributed by atoms with Gasteiger partial charge in [-0.1, -0.05) is 6.07 Å². The van der Waals surface area contributed by atoms with Gasteiger partial charge in [0.25, 0.3) is 0 Å². The molecule has 1 heterocycles. The van der Waals surface area contributed by atoms with Crippen LogP contribution in [0, 0.1) is 5.82 Å². The highest BCUT2D eigenvalue weighted by Gasteiger charge is 2.24. The first-order chi connectivity index (χ1) is 8.87. The lowest BCUT2D eigenvalue weighted by molar-refractivity contribution is 0.420. The maximum atomic E-state index is 13.2. The Morgan fingerprint density at radius 2 is 2.00 bits per heavy atom. The van der Waals surface area contributed by atoms with E-state index in [-0.39, 0.29) is 29.4 Å². The molecule has 1 fully saturated rings. The van der Waals surface area contributed by atoms with Crippen LogP contribution < -0.4 is 5.32 Å². The van der Waals surface area contributed by atoms with Crippen LogP contribution in [0.25, 0.3) is 0 Å². The minimum absolute atomic E-state index is 0.0719. The molecule has 0 aliphatic carbocycles. The molecule has 1 saturated heterocycles. The molecule has 0 aromatic heterocycles. The minimum atomic E-state index is -2.83. The third-order valence-electron chi connectivity index (χ3n) is 3.48. The fraction of sp³-hybridized carbons (Fsp3) is 0.538. The molecule has 1 unspecified atom stereocenters. The number of halogens is 2. The van der Waals surface area contributed by atoms with Gasteiger partial charge in [-0.25, -0.2) is 12.8 Å². The zero-order valence-electron chi connectivity index (χ0n) is 10.7. The SMILES string of the molecule is CC(NC1CCS(=O)(=O)CC1)c1ccc(F)c(Br)c1. The third kappa shape index (κ3) is 4.00. The largest absolute Gasteiger partial charge is 0.307 e. The Bertz CT molecular complexity index is 548. The van der Waals surface area contributed by atoms with Crippen molar-refractivity contribution in [3.05, 3.63) is 34.1 Å². The predicted molar refractivity (Wildman–Crippen MR) is 77.3 cm³/mol. The third-order valence-corrected chi connectivity index (χ3v) is 5.81. The van der Waals surface area contributed by atoms with Crippen LogP contribution in [0.4, 0.5) is 4.39 Å². The molecule has 1 aliphatic rings. The van der Waals surface area contributed by atoms with Crippen molar-refractivity contribution in [2.45, 2.75) is 31.8 Å². The van der Waals surface area contributed by atoms with E-state index in [0.717, 1.165) is 5.56 Å². The van der Waals surface area contributed by atoms with Crippen molar-refractivity contribution in [3.63, 3.8) is 0 Å². The number of sulfone groups is 1. The van der Waals surface area contributed by atoms with Gasteiger partial charge in [-0.05, 0) is 53.4 Å². The van der Waals surface area contributed by atoms with E-state index in [9.17, 15) is 12.8 Å². The van der Waals surface area contributed by atoms with Crippen LogP contribution in [0.2, 0.25) is 0 Å². The lowest BCUT2D eigenvalue weighted by Gasteiger charge is -2.27. The normalized spacial score (nSPS) is 21.2. The first-order valence-corrected chi connectivity index (χ1v) is 8.90. The second-order valence-electron chi connectivity index (χ2n) is 4.99. The summed E-state index contributed by atoms with van der Waals surface area (Å²) >= 11 is 3.17. The van der Waals surface area contributed by atoms with Gasteiger partial charge in [0.1, 0.15) is 15.7 Å². The number of hydrogen-bond donors (Lipinski definition) is 1. The van der Waals surface area contributed by atoms with Crippen LogP contribution in [-0.2, 0) is 9.84 Å². The molecule has 0 amide bonds. The van der Waals surface area contributed by atoms with Gasteiger partial charge in [-0.15, -0.1) is 0 Å². The number of nitrogens with one attached hydrogen (secondary N) is 1. The van der Waals surface area contributed by atoms with Crippen molar-refractivity contribution in [2.24, 2.45) is 0 Å². The molecular formula is C13H17BrFNO2S. The maximum absolute atomic E-state index is 13.2. The Balaban J connectivity index is 1.97. The lowest BCUT2D eigenvalue weighted by atomic mass is 10.1. The summed E-state index contributed by atoms with van der Waals surface area (Å²) in [5.41, 5.74) is 0.988. The smallest absolute Gasteiger partial charge is 0.150 e. The molecule has 1 N–H and O–H groups in total. The highest BCUT2D eigenvalue weighted by molar-refractivity contribution is 9.10. The fourth-order valence-corrected chi connectivity index (χ4v) is 4.18. The summed E-state index contributed by atoms with van der Waals surface area (Å²) in [5.74, 6) is 0.231. The summed E-state index contributed by atoms with van der Waals surface area (Å²) in [6, 6.07) is 5.22. The number of rotatable bonds is 3. The first kappa shape index (κ1) is 14.9. The summed E-state index contributed by atoms with van der Waals surface area (Å²) < 4.78 is 36.3. The van der Waals surface area contributed by atoms with E-state index in [4.69, 9.17) is 0 Å². The summed E-state index contributed by atoms with van der Waals surface area (Å²) in [7, 11) is -2.83. The zero-order valence-corrected chi connectivity index (χ0v) is 13.1. The molecular weight excluding hydrogens is 333 g/mol. The number of hydrogen-bond acceptors (Lipinski definition) is 3. The Morgan fingerprint density at radius 3 is 2.58 bits per heavy atom. The Kier molecular flexibility index (Phi) is 4.63. The topological polar surface area (TPSA) is 46.2 Å². The van der Waals surface area contributed by atoms with Crippen molar-refractivity contribution >= 4 is 25.8 Å². The average molecular weight is 350 g/mol. The van der Waals surface area contributed by atoms with E-state index in [1.54, 1.807) is 12.1 Å². The van der Waals surface area contributed by atoms with Crippen molar-refractivity contribution in [3.8, 4) is 0 Å². The van der Waals surface area contributed by atoms with Crippen LogP contribution in [-0.4, -0.2) is 26.0 Å². The van der Waals surface area contributed by atoms with Gasteiger partial charge in [-0.2, -0.15) is 0 Å². The van der Waals surface area contributed by atoms with E-state index in [1.165, 1.54) is 6.07 Å². The van der Waals surface area contributed by atoms with Crippen molar-refractivity contribution < 1.29 is 12.8 Å². The molecule has 0 spiro atoms. The fourth-order valence-electron chi connectivity index (χ4n) is 2.29. The quantitative estimate of drug-likeness (QED) is 0.912. The van der Waals surface area contributed by atoms with E-state index < -0.39 is 9.84 Å². The highest BCUT2D eigenvalue weighted by Crippen LogP contribution is 2.23. The summed E-state index contributed by atoms with van der Waals surface area (Å²) in [6.45, 7) is 2.00. The van der Waals surface area contributed by atoms with E-state index >= 15 is 0 Å². The molecule has 3 nitrogen and oxygen atoms in total. The van der Waals surface area contributed by atoms with Crippen LogP contribution >= 0.6 is 15.9 Å². The van der Waals surface area contributed by atoms with E-state index in [0.29, 0.717) is 17.3 Å². The van der Waals surface area contributed by atoms with Crippen molar-refractivity contribution in [1.82, 2.24) is 5.32 Å². The zero-order chi connectivity index (χ0) is 14.0. The van der Waals surface area contributed by atoms with Gasteiger partial charge in [0, 0.05) is 12.1 Å². The first-order valence-electron chi connectivity index (χ1n) is 6.29. The minimum Gasteiger partial charge on any atom is -0.307 e. The monoisotopic (exact) mass is 349 g/mol. The van der Waals surface area contributed by atoms with Crippen molar-refractivity contribution in [1.29, 1.82) is 0 Å². The molecule has 1 atom stereocenters. The molecule has 0 radical (unpaired) electrons. The highest BCUT2D eigenvalue weighted by atomic mass is 79.9. The van der Waals surface area contributed by atoms with Crippen LogP contribution in [0.3, 0.4) is 0 Å². The molecule has 0 saturated carbocycles. The summed E-state index contributed by atoms with van der Waals surface area (Å²) in [5, 5.41) is 3.41. The summed E-state index contributed by atoms with van der Waals surface area (Å²) in [4.78, 5) is 0. The van der Waals surface area contributed by atoms with E-state index in [2.05, 4.69) is 21.2 Å². The molecule has 19 heavy (non-hydrogen) atoms. The van der Waals surface area contributed by atoms with Gasteiger partial charge < -0.3 is 5.32 Å². The Morgan fingerprint density at radius 1 is 1.37 bits per heavy atom. The lowest BCUT2D eigenvalue weighted by Crippen LogP contribution is -2.38.